The SMILES string of the molecule is C=C/C=c1/[nH]c(N(CCO)CCO)n/c1=C/C.CC. The van der Waals surface area contributed by atoms with E-state index in [4.69, 9.17) is 10.2 Å². The van der Waals surface area contributed by atoms with Gasteiger partial charge in [0, 0.05) is 13.1 Å². The van der Waals surface area contributed by atoms with Crippen LogP contribution < -0.4 is 15.6 Å². The van der Waals surface area contributed by atoms with Gasteiger partial charge in [-0.25, -0.2) is 4.98 Å². The van der Waals surface area contributed by atoms with Gasteiger partial charge in [-0.05, 0) is 13.0 Å². The first kappa shape index (κ1) is 17.4. The summed E-state index contributed by atoms with van der Waals surface area (Å²) in [6, 6.07) is 0. The summed E-state index contributed by atoms with van der Waals surface area (Å²) in [6.07, 6.45) is 5.42. The van der Waals surface area contributed by atoms with Crippen LogP contribution >= 0.6 is 0 Å². The fraction of sp³-hybridized carbons (Fsp3) is 0.500. The Morgan fingerprint density at radius 1 is 1.26 bits per heavy atom. The van der Waals surface area contributed by atoms with E-state index in [2.05, 4.69) is 16.5 Å². The van der Waals surface area contributed by atoms with Crippen molar-refractivity contribution in [2.24, 2.45) is 0 Å². The molecule has 0 amide bonds. The smallest absolute Gasteiger partial charge is 0.203 e. The highest BCUT2D eigenvalue weighted by Gasteiger charge is 2.08. The lowest BCUT2D eigenvalue weighted by Gasteiger charge is -2.19. The quantitative estimate of drug-likeness (QED) is 0.678. The molecule has 3 N–H and O–H groups in total. The molecule has 5 heteroatoms. The van der Waals surface area contributed by atoms with Crippen LogP contribution in [-0.4, -0.2) is 46.5 Å². The lowest BCUT2D eigenvalue weighted by atomic mass is 10.4. The van der Waals surface area contributed by atoms with Crippen molar-refractivity contribution in [2.45, 2.75) is 20.8 Å². The number of anilines is 1. The highest BCUT2D eigenvalue weighted by molar-refractivity contribution is 5.39. The second kappa shape index (κ2) is 10.3. The zero-order chi connectivity index (χ0) is 14.7. The van der Waals surface area contributed by atoms with Gasteiger partial charge in [0.25, 0.3) is 0 Å². The maximum absolute atomic E-state index is 8.96. The minimum atomic E-state index is 0.0202. The van der Waals surface area contributed by atoms with Gasteiger partial charge < -0.3 is 20.1 Å². The van der Waals surface area contributed by atoms with E-state index in [0.717, 1.165) is 10.7 Å². The molecule has 0 saturated carbocycles. The van der Waals surface area contributed by atoms with Crippen LogP contribution in [0.25, 0.3) is 12.2 Å². The molecule has 0 aromatic carbocycles. The van der Waals surface area contributed by atoms with Crippen molar-refractivity contribution in [3.8, 4) is 0 Å². The molecule has 0 bridgehead atoms. The second-order valence-electron chi connectivity index (χ2n) is 3.48. The van der Waals surface area contributed by atoms with Crippen LogP contribution in [0, 0.1) is 0 Å². The van der Waals surface area contributed by atoms with E-state index in [0.29, 0.717) is 19.0 Å². The predicted octanol–water partition coefficient (Wildman–Crippen LogP) is -0.00620. The molecule has 0 aliphatic rings. The van der Waals surface area contributed by atoms with Crippen molar-refractivity contribution in [3.05, 3.63) is 23.4 Å². The van der Waals surface area contributed by atoms with E-state index >= 15 is 0 Å². The van der Waals surface area contributed by atoms with Gasteiger partial charge >= 0.3 is 0 Å². The summed E-state index contributed by atoms with van der Waals surface area (Å²) in [5, 5.41) is 19.6. The first-order valence-corrected chi connectivity index (χ1v) is 6.58. The number of nitrogens with zero attached hydrogens (tertiary/aromatic N) is 2. The summed E-state index contributed by atoms with van der Waals surface area (Å²) >= 11 is 0. The largest absolute Gasteiger partial charge is 0.395 e. The number of aromatic nitrogens is 2. The fourth-order valence-electron chi connectivity index (χ4n) is 1.57. The third-order valence-electron chi connectivity index (χ3n) is 2.35. The highest BCUT2D eigenvalue weighted by Crippen LogP contribution is 2.00. The Bertz CT molecular complexity index is 460. The minimum absolute atomic E-state index is 0.0202. The van der Waals surface area contributed by atoms with E-state index in [1.54, 1.807) is 11.0 Å². The van der Waals surface area contributed by atoms with Crippen molar-refractivity contribution in [1.29, 1.82) is 0 Å². The molecule has 1 heterocycles. The second-order valence-corrected chi connectivity index (χ2v) is 3.48. The van der Waals surface area contributed by atoms with Crippen molar-refractivity contribution >= 4 is 18.1 Å². The van der Waals surface area contributed by atoms with Crippen molar-refractivity contribution < 1.29 is 10.2 Å². The van der Waals surface area contributed by atoms with Crippen LogP contribution in [0.4, 0.5) is 5.95 Å². The Labute approximate surface area is 114 Å². The van der Waals surface area contributed by atoms with Crippen molar-refractivity contribution in [2.75, 3.05) is 31.2 Å². The zero-order valence-corrected chi connectivity index (χ0v) is 12.1. The molecule has 1 rings (SSSR count). The Balaban J connectivity index is 0.00000154. The molecule has 19 heavy (non-hydrogen) atoms. The third kappa shape index (κ3) is 5.28. The molecule has 0 atom stereocenters. The summed E-state index contributed by atoms with van der Waals surface area (Å²) in [6.45, 7) is 10.5. The summed E-state index contributed by atoms with van der Waals surface area (Å²) in [4.78, 5) is 9.34. The van der Waals surface area contributed by atoms with Crippen LogP contribution in [0.1, 0.15) is 20.8 Å². The molecular formula is C14H25N3O2. The number of imidazole rings is 1. The number of nitrogens with one attached hydrogen (secondary N) is 1. The van der Waals surface area contributed by atoms with Gasteiger partial charge in [0.1, 0.15) is 0 Å². The van der Waals surface area contributed by atoms with Gasteiger partial charge in [-0.15, -0.1) is 0 Å². The van der Waals surface area contributed by atoms with Crippen LogP contribution in [0.15, 0.2) is 12.7 Å². The minimum Gasteiger partial charge on any atom is -0.395 e. The van der Waals surface area contributed by atoms with Crippen LogP contribution in [-0.2, 0) is 0 Å². The Hall–Kier alpha value is -1.59. The first-order valence-electron chi connectivity index (χ1n) is 6.58. The average molecular weight is 267 g/mol. The summed E-state index contributed by atoms with van der Waals surface area (Å²) in [5.74, 6) is 0.648. The molecule has 0 aliphatic carbocycles. The van der Waals surface area contributed by atoms with E-state index < -0.39 is 0 Å². The number of rotatable bonds is 6. The maximum atomic E-state index is 8.96. The Morgan fingerprint density at radius 2 is 1.84 bits per heavy atom. The summed E-state index contributed by atoms with van der Waals surface area (Å²) in [5.41, 5.74) is 0. The average Bonchev–Trinajstić information content (AvgIpc) is 2.84. The number of H-pyrrole nitrogens is 1. The topological polar surface area (TPSA) is 72.4 Å². The molecule has 1 aromatic rings. The molecule has 0 radical (unpaired) electrons. The van der Waals surface area contributed by atoms with E-state index in [1.807, 2.05) is 32.9 Å². The van der Waals surface area contributed by atoms with Gasteiger partial charge in [-0.1, -0.05) is 32.6 Å². The molecule has 0 aliphatic heterocycles. The Kier molecular flexibility index (Phi) is 9.48. The van der Waals surface area contributed by atoms with Gasteiger partial charge in [0.2, 0.25) is 5.95 Å². The number of hydrogen-bond donors (Lipinski definition) is 3. The van der Waals surface area contributed by atoms with Crippen LogP contribution in [0.3, 0.4) is 0 Å². The van der Waals surface area contributed by atoms with Crippen molar-refractivity contribution in [1.82, 2.24) is 9.97 Å². The number of hydrogen-bond acceptors (Lipinski definition) is 4. The normalized spacial score (nSPS) is 12.1. The summed E-state index contributed by atoms with van der Waals surface area (Å²) < 4.78 is 0. The monoisotopic (exact) mass is 267 g/mol. The molecule has 0 spiro atoms. The Morgan fingerprint density at radius 3 is 2.26 bits per heavy atom. The lowest BCUT2D eigenvalue weighted by molar-refractivity contribution is 0.280. The molecule has 108 valence electrons. The van der Waals surface area contributed by atoms with E-state index in [1.165, 1.54) is 0 Å². The molecular weight excluding hydrogens is 242 g/mol. The number of allylic oxidation sites excluding steroid dienone is 1. The first-order chi connectivity index (χ1) is 9.26. The standard InChI is InChI=1S/C12H19N3O2.C2H6/c1-3-5-11-10(4-2)13-12(14-11)15(6-8-16)7-9-17;1-2/h3-5,16-17H,1,6-9H2,2H3,(H,13,14);1-2H3/b10-4+,11-5+;. The van der Waals surface area contributed by atoms with Gasteiger partial charge in [0.05, 0.1) is 23.9 Å². The van der Waals surface area contributed by atoms with Crippen LogP contribution in [0.5, 0.6) is 0 Å². The molecule has 5 nitrogen and oxygen atoms in total. The number of aromatic amines is 1. The molecule has 1 aromatic heterocycles. The van der Waals surface area contributed by atoms with E-state index in [9.17, 15) is 0 Å². The number of aliphatic hydroxyl groups excluding tert-OH is 2. The van der Waals surface area contributed by atoms with Gasteiger partial charge in [-0.3, -0.25) is 0 Å². The molecule has 0 saturated heterocycles. The zero-order valence-electron chi connectivity index (χ0n) is 12.1. The van der Waals surface area contributed by atoms with E-state index in [-0.39, 0.29) is 13.2 Å². The number of aliphatic hydroxyl groups is 2. The van der Waals surface area contributed by atoms with Gasteiger partial charge in [-0.2, -0.15) is 0 Å². The fourth-order valence-corrected chi connectivity index (χ4v) is 1.57. The lowest BCUT2D eigenvalue weighted by Crippen LogP contribution is -2.30. The highest BCUT2D eigenvalue weighted by atomic mass is 16.3. The summed E-state index contributed by atoms with van der Waals surface area (Å²) in [7, 11) is 0. The molecule has 0 fully saturated rings. The predicted molar refractivity (Wildman–Crippen MR) is 80.4 cm³/mol. The maximum Gasteiger partial charge on any atom is 0.203 e. The van der Waals surface area contributed by atoms with Crippen molar-refractivity contribution in [3.63, 3.8) is 0 Å². The van der Waals surface area contributed by atoms with Crippen LogP contribution in [0.2, 0.25) is 0 Å². The molecule has 0 unspecified atom stereocenters. The third-order valence-corrected chi connectivity index (χ3v) is 2.35. The van der Waals surface area contributed by atoms with Gasteiger partial charge in [0.15, 0.2) is 0 Å².